The Kier molecular flexibility index (Phi) is 8.11. The monoisotopic (exact) mass is 426 g/mol. The molecule has 2 amide bonds. The second kappa shape index (κ2) is 9.33. The van der Waals surface area contributed by atoms with Crippen molar-refractivity contribution in [1.82, 2.24) is 10.6 Å². The van der Waals surface area contributed by atoms with Crippen molar-refractivity contribution >= 4 is 92.7 Å². The van der Waals surface area contributed by atoms with Gasteiger partial charge in [-0.1, -0.05) is 41.7 Å². The number of carbonyl (C=O) groups excluding carboxylic acids is 2. The second-order valence-corrected chi connectivity index (χ2v) is 7.44. The molecule has 0 bridgehead atoms. The van der Waals surface area contributed by atoms with Crippen LogP contribution in [0.15, 0.2) is 24.3 Å². The van der Waals surface area contributed by atoms with Crippen molar-refractivity contribution in [3.05, 3.63) is 24.3 Å². The summed E-state index contributed by atoms with van der Waals surface area (Å²) in [5.41, 5.74) is 1.26. The van der Waals surface area contributed by atoms with Crippen LogP contribution in [0.25, 0.3) is 0 Å². The highest BCUT2D eigenvalue weighted by molar-refractivity contribution is 7.80. The molecule has 0 aliphatic carbocycles. The van der Waals surface area contributed by atoms with E-state index in [0.717, 1.165) is 0 Å². The Balaban J connectivity index is 2.56. The standard InChI is InChI=1S/C13H13Cl3N4O2S2/c1-2-9(21)19-11(23)17-7-3-5-8(6-4-7)18-12(24)20-10(22)13(14,15)16/h3-6H,2H2,1H3,(H2,17,19,21,23)(H2,18,20,22,24). The predicted octanol–water partition coefficient (Wildman–Crippen LogP) is 3.09. The first kappa shape index (κ1) is 20.9. The van der Waals surface area contributed by atoms with E-state index in [1.165, 1.54) is 0 Å². The van der Waals surface area contributed by atoms with Crippen LogP contribution in [0.2, 0.25) is 0 Å². The van der Waals surface area contributed by atoms with Crippen molar-refractivity contribution in [1.29, 1.82) is 0 Å². The lowest BCUT2D eigenvalue weighted by atomic mass is 10.3. The maximum Gasteiger partial charge on any atom is 0.278 e. The minimum atomic E-state index is -2.10. The number of hydrogen-bond acceptors (Lipinski definition) is 4. The number of amides is 2. The Labute approximate surface area is 164 Å². The maximum absolute atomic E-state index is 11.5. The van der Waals surface area contributed by atoms with Gasteiger partial charge in [-0.25, -0.2) is 0 Å². The van der Waals surface area contributed by atoms with Gasteiger partial charge in [0.1, 0.15) is 0 Å². The van der Waals surface area contributed by atoms with Crippen LogP contribution in [-0.2, 0) is 9.59 Å². The molecular formula is C13H13Cl3N4O2S2. The fourth-order valence-electron chi connectivity index (χ4n) is 1.35. The number of carbonyl (C=O) groups is 2. The van der Waals surface area contributed by atoms with Gasteiger partial charge in [-0.2, -0.15) is 0 Å². The molecule has 0 fully saturated rings. The molecule has 1 rings (SSSR count). The molecule has 24 heavy (non-hydrogen) atoms. The number of alkyl halides is 3. The SMILES string of the molecule is CCC(=O)NC(=S)Nc1ccc(NC(=S)NC(=O)C(Cl)(Cl)Cl)cc1. The second-order valence-electron chi connectivity index (χ2n) is 4.34. The lowest BCUT2D eigenvalue weighted by Gasteiger charge is -2.14. The first-order valence-electron chi connectivity index (χ1n) is 6.52. The third kappa shape index (κ3) is 7.59. The zero-order chi connectivity index (χ0) is 18.3. The number of halogens is 3. The van der Waals surface area contributed by atoms with E-state index < -0.39 is 9.70 Å². The number of hydrogen-bond donors (Lipinski definition) is 4. The molecule has 0 heterocycles. The summed E-state index contributed by atoms with van der Waals surface area (Å²) in [5, 5.41) is 10.6. The lowest BCUT2D eigenvalue weighted by Crippen LogP contribution is -2.41. The number of anilines is 2. The molecule has 0 unspecified atom stereocenters. The van der Waals surface area contributed by atoms with E-state index in [1.807, 2.05) is 0 Å². The van der Waals surface area contributed by atoms with Crippen LogP contribution in [-0.4, -0.2) is 25.8 Å². The Morgan fingerprint density at radius 3 is 1.75 bits per heavy atom. The van der Waals surface area contributed by atoms with Gasteiger partial charge in [-0.15, -0.1) is 0 Å². The van der Waals surface area contributed by atoms with Crippen LogP contribution in [0, 0.1) is 0 Å². The molecule has 1 aromatic carbocycles. The Hall–Kier alpha value is -1.19. The molecule has 0 spiro atoms. The predicted molar refractivity (Wildman–Crippen MR) is 106 cm³/mol. The Morgan fingerprint density at radius 2 is 1.38 bits per heavy atom. The van der Waals surface area contributed by atoms with Crippen LogP contribution >= 0.6 is 59.2 Å². The normalized spacial score (nSPS) is 10.5. The zero-order valence-electron chi connectivity index (χ0n) is 12.3. The number of thiocarbonyl (C=S) groups is 2. The molecule has 6 nitrogen and oxygen atoms in total. The van der Waals surface area contributed by atoms with Crippen molar-refractivity contribution in [2.45, 2.75) is 17.1 Å². The molecule has 11 heteroatoms. The first-order valence-corrected chi connectivity index (χ1v) is 8.47. The Morgan fingerprint density at radius 1 is 0.958 bits per heavy atom. The minimum absolute atomic E-state index is 0.0160. The first-order chi connectivity index (χ1) is 11.1. The molecule has 0 radical (unpaired) electrons. The molecule has 4 N–H and O–H groups in total. The molecule has 0 aliphatic rings. The fraction of sp³-hybridized carbons (Fsp3) is 0.231. The topological polar surface area (TPSA) is 82.3 Å². The van der Waals surface area contributed by atoms with E-state index in [0.29, 0.717) is 17.8 Å². The summed E-state index contributed by atoms with van der Waals surface area (Å²) in [6.45, 7) is 1.73. The van der Waals surface area contributed by atoms with Crippen molar-refractivity contribution in [2.75, 3.05) is 10.6 Å². The minimum Gasteiger partial charge on any atom is -0.332 e. The molecule has 0 saturated heterocycles. The van der Waals surface area contributed by atoms with Gasteiger partial charge in [-0.3, -0.25) is 14.9 Å². The van der Waals surface area contributed by atoms with Gasteiger partial charge in [0.05, 0.1) is 0 Å². The van der Waals surface area contributed by atoms with Gasteiger partial charge < -0.3 is 16.0 Å². The van der Waals surface area contributed by atoms with Gasteiger partial charge in [0.2, 0.25) is 5.91 Å². The highest BCUT2D eigenvalue weighted by atomic mass is 35.6. The molecular weight excluding hydrogens is 415 g/mol. The van der Waals surface area contributed by atoms with Gasteiger partial charge in [0, 0.05) is 17.8 Å². The smallest absolute Gasteiger partial charge is 0.278 e. The zero-order valence-corrected chi connectivity index (χ0v) is 16.2. The number of benzene rings is 1. The van der Waals surface area contributed by atoms with E-state index in [-0.39, 0.29) is 16.1 Å². The average Bonchev–Trinajstić information content (AvgIpc) is 2.47. The maximum atomic E-state index is 11.5. The van der Waals surface area contributed by atoms with E-state index in [2.05, 4.69) is 21.3 Å². The average molecular weight is 428 g/mol. The van der Waals surface area contributed by atoms with Crippen LogP contribution in [0.4, 0.5) is 11.4 Å². The number of nitrogens with one attached hydrogen (secondary N) is 4. The van der Waals surface area contributed by atoms with E-state index >= 15 is 0 Å². The summed E-state index contributed by atoms with van der Waals surface area (Å²) in [6, 6.07) is 6.76. The van der Waals surface area contributed by atoms with E-state index in [4.69, 9.17) is 59.2 Å². The van der Waals surface area contributed by atoms with Gasteiger partial charge in [-0.05, 0) is 48.7 Å². The fourth-order valence-corrected chi connectivity index (χ4v) is 1.93. The van der Waals surface area contributed by atoms with Gasteiger partial charge in [0.15, 0.2) is 10.2 Å². The highest BCUT2D eigenvalue weighted by Crippen LogP contribution is 2.25. The summed E-state index contributed by atoms with van der Waals surface area (Å²) >= 11 is 26.2. The number of rotatable bonds is 3. The summed E-state index contributed by atoms with van der Waals surface area (Å²) < 4.78 is -2.10. The van der Waals surface area contributed by atoms with Crippen molar-refractivity contribution in [2.24, 2.45) is 0 Å². The molecule has 130 valence electrons. The summed E-state index contributed by atoms with van der Waals surface area (Å²) in [7, 11) is 0. The van der Waals surface area contributed by atoms with Crippen molar-refractivity contribution < 1.29 is 9.59 Å². The third-order valence-electron chi connectivity index (χ3n) is 2.46. The van der Waals surface area contributed by atoms with Gasteiger partial charge >= 0.3 is 0 Å². The summed E-state index contributed by atoms with van der Waals surface area (Å²) in [4.78, 5) is 22.7. The van der Waals surface area contributed by atoms with Crippen molar-refractivity contribution in [3.63, 3.8) is 0 Å². The van der Waals surface area contributed by atoms with Crippen molar-refractivity contribution in [3.8, 4) is 0 Å². The summed E-state index contributed by atoms with van der Waals surface area (Å²) in [6.07, 6.45) is 0.335. The molecule has 1 aromatic rings. The lowest BCUT2D eigenvalue weighted by molar-refractivity contribution is -0.119. The largest absolute Gasteiger partial charge is 0.332 e. The van der Waals surface area contributed by atoms with Crippen LogP contribution in [0.3, 0.4) is 0 Å². The summed E-state index contributed by atoms with van der Waals surface area (Å²) in [5.74, 6) is -1.04. The quantitative estimate of drug-likeness (QED) is 0.438. The van der Waals surface area contributed by atoms with Crippen LogP contribution in [0.1, 0.15) is 13.3 Å². The molecule has 0 aromatic heterocycles. The highest BCUT2D eigenvalue weighted by Gasteiger charge is 2.31. The third-order valence-corrected chi connectivity index (χ3v) is 3.38. The van der Waals surface area contributed by atoms with Crippen LogP contribution in [0.5, 0.6) is 0 Å². The van der Waals surface area contributed by atoms with Gasteiger partial charge in [0.25, 0.3) is 9.70 Å². The molecule has 0 aliphatic heterocycles. The molecule has 0 atom stereocenters. The Bertz CT molecular complexity index is 648. The van der Waals surface area contributed by atoms with Crippen LogP contribution < -0.4 is 21.3 Å². The van der Waals surface area contributed by atoms with E-state index in [1.54, 1.807) is 31.2 Å². The van der Waals surface area contributed by atoms with E-state index in [9.17, 15) is 9.59 Å². The molecule has 0 saturated carbocycles.